The minimum Gasteiger partial charge on any atom is -0.373 e. The summed E-state index contributed by atoms with van der Waals surface area (Å²) in [6.45, 7) is 8.16. The van der Waals surface area contributed by atoms with Gasteiger partial charge in [-0.15, -0.1) is 0 Å². The summed E-state index contributed by atoms with van der Waals surface area (Å²) in [4.78, 5) is 30.3. The Morgan fingerprint density at radius 1 is 1.23 bits per heavy atom. The molecular formula is C15H28N4O3. The molecule has 2 aliphatic rings. The molecule has 1 atom stereocenters. The Bertz CT molecular complexity index is 425. The molecule has 7 nitrogen and oxygen atoms in total. The summed E-state index contributed by atoms with van der Waals surface area (Å²) in [5, 5.41) is 3.35. The molecule has 2 saturated heterocycles. The van der Waals surface area contributed by atoms with E-state index >= 15 is 0 Å². The van der Waals surface area contributed by atoms with Gasteiger partial charge in [-0.05, 0) is 27.9 Å². The van der Waals surface area contributed by atoms with Gasteiger partial charge in [-0.25, -0.2) is 0 Å². The number of hydrogen-bond donors (Lipinski definition) is 1. The Labute approximate surface area is 132 Å². The van der Waals surface area contributed by atoms with Gasteiger partial charge in [0.25, 0.3) is 0 Å². The average molecular weight is 312 g/mol. The number of nitrogens with one attached hydrogen (secondary N) is 1. The highest BCUT2D eigenvalue weighted by atomic mass is 16.5. The maximum absolute atomic E-state index is 12.5. The van der Waals surface area contributed by atoms with Crippen molar-refractivity contribution < 1.29 is 14.3 Å². The van der Waals surface area contributed by atoms with Crippen LogP contribution in [0.4, 0.5) is 0 Å². The van der Waals surface area contributed by atoms with Gasteiger partial charge in [0.15, 0.2) is 0 Å². The number of carbonyl (C=O) groups is 2. The molecule has 7 heteroatoms. The Kier molecular flexibility index (Phi) is 5.41. The largest absolute Gasteiger partial charge is 0.373 e. The molecule has 0 aromatic heterocycles. The van der Waals surface area contributed by atoms with Crippen LogP contribution in [0.25, 0.3) is 0 Å². The van der Waals surface area contributed by atoms with E-state index in [1.165, 1.54) is 0 Å². The fourth-order valence-electron chi connectivity index (χ4n) is 3.01. The third-order valence-electron chi connectivity index (χ3n) is 4.04. The van der Waals surface area contributed by atoms with Crippen LogP contribution in [0.2, 0.25) is 0 Å². The topological polar surface area (TPSA) is 65.1 Å². The first kappa shape index (κ1) is 17.2. The predicted octanol–water partition coefficient (Wildman–Crippen LogP) is -1.01. The second-order valence-electron chi connectivity index (χ2n) is 7.04. The monoisotopic (exact) mass is 312 g/mol. The Hall–Kier alpha value is -1.18. The number of morpholine rings is 1. The van der Waals surface area contributed by atoms with Crippen LogP contribution in [0.1, 0.15) is 13.8 Å². The third kappa shape index (κ3) is 4.41. The number of ether oxygens (including phenoxy) is 1. The maximum Gasteiger partial charge on any atom is 0.312 e. The van der Waals surface area contributed by atoms with Crippen LogP contribution in [0.15, 0.2) is 0 Å². The summed E-state index contributed by atoms with van der Waals surface area (Å²) in [7, 11) is 3.94. The van der Waals surface area contributed by atoms with Crippen LogP contribution in [-0.4, -0.2) is 98.1 Å². The van der Waals surface area contributed by atoms with E-state index in [1.54, 1.807) is 9.80 Å². The zero-order valence-corrected chi connectivity index (χ0v) is 14.1. The van der Waals surface area contributed by atoms with Crippen molar-refractivity contribution in [3.05, 3.63) is 0 Å². The molecule has 2 fully saturated rings. The van der Waals surface area contributed by atoms with Gasteiger partial charge in [-0.3, -0.25) is 9.59 Å². The molecular weight excluding hydrogens is 284 g/mol. The number of carbonyl (C=O) groups excluding carboxylic acids is 2. The van der Waals surface area contributed by atoms with E-state index in [9.17, 15) is 9.59 Å². The lowest BCUT2D eigenvalue weighted by Crippen LogP contribution is -2.61. The lowest BCUT2D eigenvalue weighted by molar-refractivity contribution is -0.157. The molecule has 0 saturated carbocycles. The zero-order chi connectivity index (χ0) is 16.3. The molecule has 0 spiro atoms. The van der Waals surface area contributed by atoms with Crippen molar-refractivity contribution in [3.63, 3.8) is 0 Å². The average Bonchev–Trinajstić information content (AvgIpc) is 2.44. The lowest BCUT2D eigenvalue weighted by atomic mass is 10.0. The van der Waals surface area contributed by atoms with Gasteiger partial charge >= 0.3 is 11.8 Å². The van der Waals surface area contributed by atoms with Gasteiger partial charge in [-0.2, -0.15) is 0 Å². The molecule has 1 unspecified atom stereocenters. The number of amides is 2. The van der Waals surface area contributed by atoms with Crippen LogP contribution in [0.5, 0.6) is 0 Å². The van der Waals surface area contributed by atoms with E-state index in [0.717, 1.165) is 13.1 Å². The van der Waals surface area contributed by atoms with Gasteiger partial charge in [0, 0.05) is 44.8 Å². The summed E-state index contributed by atoms with van der Waals surface area (Å²) < 4.78 is 5.66. The van der Waals surface area contributed by atoms with Gasteiger partial charge in [0.05, 0.1) is 12.7 Å². The van der Waals surface area contributed by atoms with E-state index < -0.39 is 5.91 Å². The van der Waals surface area contributed by atoms with Crippen LogP contribution in [0.3, 0.4) is 0 Å². The van der Waals surface area contributed by atoms with Crippen molar-refractivity contribution >= 4 is 11.8 Å². The molecule has 0 bridgehead atoms. The summed E-state index contributed by atoms with van der Waals surface area (Å²) in [6.07, 6.45) is -0.0278. The summed E-state index contributed by atoms with van der Waals surface area (Å²) in [5.74, 6) is -0.787. The van der Waals surface area contributed by atoms with Crippen molar-refractivity contribution in [1.82, 2.24) is 20.0 Å². The highest BCUT2D eigenvalue weighted by Crippen LogP contribution is 2.13. The van der Waals surface area contributed by atoms with Crippen LogP contribution in [-0.2, 0) is 14.3 Å². The highest BCUT2D eigenvalue weighted by molar-refractivity contribution is 6.35. The number of hydrogen-bond acceptors (Lipinski definition) is 5. The molecule has 2 aliphatic heterocycles. The van der Waals surface area contributed by atoms with Gasteiger partial charge in [0.2, 0.25) is 0 Å². The number of likely N-dealkylation sites (N-methyl/N-ethyl adjacent to an activating group) is 1. The second-order valence-corrected chi connectivity index (χ2v) is 7.04. The number of piperazine rings is 1. The van der Waals surface area contributed by atoms with E-state index in [2.05, 4.69) is 5.32 Å². The third-order valence-corrected chi connectivity index (χ3v) is 4.04. The molecule has 0 aromatic rings. The first-order chi connectivity index (χ1) is 10.3. The highest BCUT2D eigenvalue weighted by Gasteiger charge is 2.35. The Morgan fingerprint density at radius 2 is 1.91 bits per heavy atom. The zero-order valence-electron chi connectivity index (χ0n) is 14.1. The SMILES string of the molecule is CN(C)CC1CN(C(=O)C(=O)N2CCNC(C)(C)C2)CCO1. The van der Waals surface area contributed by atoms with Crippen molar-refractivity contribution in [2.75, 3.05) is 60.0 Å². The van der Waals surface area contributed by atoms with Crippen molar-refractivity contribution in [2.24, 2.45) is 0 Å². The minimum absolute atomic E-state index is 0.0278. The first-order valence-electron chi connectivity index (χ1n) is 7.88. The fraction of sp³-hybridized carbons (Fsp3) is 0.867. The molecule has 0 aromatic carbocycles. The van der Waals surface area contributed by atoms with E-state index in [4.69, 9.17) is 4.74 Å². The minimum atomic E-state index is -0.398. The fourth-order valence-corrected chi connectivity index (χ4v) is 3.01. The smallest absolute Gasteiger partial charge is 0.312 e. The number of rotatable bonds is 2. The van der Waals surface area contributed by atoms with E-state index in [0.29, 0.717) is 32.8 Å². The van der Waals surface area contributed by atoms with E-state index in [-0.39, 0.29) is 17.6 Å². The van der Waals surface area contributed by atoms with Gasteiger partial charge in [-0.1, -0.05) is 0 Å². The molecule has 0 radical (unpaired) electrons. The van der Waals surface area contributed by atoms with Crippen molar-refractivity contribution in [1.29, 1.82) is 0 Å². The van der Waals surface area contributed by atoms with Crippen molar-refractivity contribution in [2.45, 2.75) is 25.5 Å². The molecule has 126 valence electrons. The lowest BCUT2D eigenvalue weighted by Gasteiger charge is -2.40. The predicted molar refractivity (Wildman–Crippen MR) is 83.5 cm³/mol. The summed E-state index contributed by atoms with van der Waals surface area (Å²) in [6, 6.07) is 0. The number of nitrogens with zero attached hydrogens (tertiary/aromatic N) is 3. The molecule has 2 rings (SSSR count). The molecule has 2 heterocycles. The molecule has 2 amide bonds. The van der Waals surface area contributed by atoms with Gasteiger partial charge < -0.3 is 24.8 Å². The molecule has 22 heavy (non-hydrogen) atoms. The quantitative estimate of drug-likeness (QED) is 0.662. The maximum atomic E-state index is 12.5. The van der Waals surface area contributed by atoms with Crippen LogP contribution in [0, 0.1) is 0 Å². The van der Waals surface area contributed by atoms with Crippen LogP contribution < -0.4 is 5.32 Å². The standard InChI is InChI=1S/C15H28N4O3/c1-15(2)11-19(6-5-16-15)14(21)13(20)18-7-8-22-12(10-18)9-17(3)4/h12,16H,5-11H2,1-4H3. The Morgan fingerprint density at radius 3 is 2.55 bits per heavy atom. The summed E-state index contributed by atoms with van der Waals surface area (Å²) in [5.41, 5.74) is -0.146. The normalized spacial score (nSPS) is 25.4. The second kappa shape index (κ2) is 6.93. The first-order valence-corrected chi connectivity index (χ1v) is 7.88. The van der Waals surface area contributed by atoms with E-state index in [1.807, 2.05) is 32.8 Å². The van der Waals surface area contributed by atoms with Gasteiger partial charge in [0.1, 0.15) is 0 Å². The summed E-state index contributed by atoms with van der Waals surface area (Å²) >= 11 is 0. The van der Waals surface area contributed by atoms with Crippen molar-refractivity contribution in [3.8, 4) is 0 Å². The van der Waals surface area contributed by atoms with Crippen LogP contribution >= 0.6 is 0 Å². The molecule has 1 N–H and O–H groups in total. The molecule has 0 aliphatic carbocycles. The Balaban J connectivity index is 1.93.